The number of carbonyl (C=O) groups excluding carboxylic acids is 2. The smallest absolute Gasteiger partial charge is 0.339 e. The Kier molecular flexibility index (Phi) is 7.10. The Bertz CT molecular complexity index is 1670. The minimum absolute atomic E-state index is 0.0126. The molecule has 0 atom stereocenters. The van der Waals surface area contributed by atoms with E-state index in [1.54, 1.807) is 36.4 Å². The monoisotopic (exact) mass is 518 g/mol. The van der Waals surface area contributed by atoms with Gasteiger partial charge in [-0.2, -0.15) is 5.26 Å². The second-order valence-electron chi connectivity index (χ2n) is 9.02. The molecule has 192 valence electrons. The van der Waals surface area contributed by atoms with Crippen LogP contribution in [0.15, 0.2) is 72.8 Å². The van der Waals surface area contributed by atoms with Crippen molar-refractivity contribution in [3.05, 3.63) is 111 Å². The number of ether oxygens (including phenoxy) is 1. The third kappa shape index (κ3) is 5.50. The molecule has 0 spiro atoms. The SMILES string of the molecule is N#Cc1ccc(NC(=O)COC(=O)c2c3c(nc4ccccc24)/C(=C\c2ccc([N+](=O)[O-])cc2)CCC3)cc1. The molecule has 3 aromatic carbocycles. The number of nitriles is 1. The van der Waals surface area contributed by atoms with E-state index in [2.05, 4.69) is 5.32 Å². The van der Waals surface area contributed by atoms with Crippen LogP contribution < -0.4 is 5.32 Å². The number of hydrogen-bond acceptors (Lipinski definition) is 7. The van der Waals surface area contributed by atoms with Gasteiger partial charge in [-0.1, -0.05) is 18.2 Å². The maximum Gasteiger partial charge on any atom is 0.339 e. The van der Waals surface area contributed by atoms with E-state index in [1.807, 2.05) is 36.4 Å². The van der Waals surface area contributed by atoms with Gasteiger partial charge in [-0.25, -0.2) is 9.78 Å². The number of benzene rings is 3. The van der Waals surface area contributed by atoms with Crippen molar-refractivity contribution in [3.8, 4) is 6.07 Å². The summed E-state index contributed by atoms with van der Waals surface area (Å²) in [5.41, 5.74) is 5.14. The van der Waals surface area contributed by atoms with E-state index in [4.69, 9.17) is 15.0 Å². The van der Waals surface area contributed by atoms with Crippen molar-refractivity contribution in [1.82, 2.24) is 4.98 Å². The van der Waals surface area contributed by atoms with Crippen molar-refractivity contribution in [2.24, 2.45) is 0 Å². The number of fused-ring (bicyclic) bond motifs is 2. The van der Waals surface area contributed by atoms with Crippen LogP contribution in [0.4, 0.5) is 11.4 Å². The van der Waals surface area contributed by atoms with Gasteiger partial charge in [-0.3, -0.25) is 14.9 Å². The number of aromatic nitrogens is 1. The summed E-state index contributed by atoms with van der Waals surface area (Å²) in [5.74, 6) is -1.12. The molecule has 1 amide bonds. The lowest BCUT2D eigenvalue weighted by atomic mass is 9.86. The van der Waals surface area contributed by atoms with Crippen LogP contribution >= 0.6 is 0 Å². The predicted molar refractivity (Wildman–Crippen MR) is 146 cm³/mol. The van der Waals surface area contributed by atoms with E-state index in [9.17, 15) is 19.7 Å². The molecule has 1 aliphatic rings. The lowest BCUT2D eigenvalue weighted by Crippen LogP contribution is -2.22. The zero-order valence-corrected chi connectivity index (χ0v) is 20.7. The predicted octanol–water partition coefficient (Wildman–Crippen LogP) is 5.69. The number of non-ortho nitro benzene ring substituents is 1. The first-order valence-electron chi connectivity index (χ1n) is 12.3. The number of nitro benzene ring substituents is 1. The number of nitro groups is 1. The largest absolute Gasteiger partial charge is 0.452 e. The first kappa shape index (κ1) is 25.3. The van der Waals surface area contributed by atoms with Gasteiger partial charge in [0.15, 0.2) is 6.61 Å². The third-order valence-electron chi connectivity index (χ3n) is 6.45. The lowest BCUT2D eigenvalue weighted by Gasteiger charge is -2.22. The van der Waals surface area contributed by atoms with E-state index >= 15 is 0 Å². The molecular weight excluding hydrogens is 496 g/mol. The van der Waals surface area contributed by atoms with Crippen LogP contribution in [0.2, 0.25) is 0 Å². The molecule has 1 heterocycles. The summed E-state index contributed by atoms with van der Waals surface area (Å²) in [5, 5.41) is 23.2. The molecule has 1 aromatic heterocycles. The van der Waals surface area contributed by atoms with Crippen molar-refractivity contribution in [3.63, 3.8) is 0 Å². The maximum absolute atomic E-state index is 13.4. The van der Waals surface area contributed by atoms with Gasteiger partial charge in [-0.15, -0.1) is 0 Å². The molecule has 1 N–H and O–H groups in total. The molecule has 0 fully saturated rings. The fourth-order valence-electron chi connectivity index (χ4n) is 4.63. The van der Waals surface area contributed by atoms with Gasteiger partial charge in [0.1, 0.15) is 0 Å². The van der Waals surface area contributed by atoms with Crippen LogP contribution in [0.5, 0.6) is 0 Å². The topological polar surface area (TPSA) is 135 Å². The van der Waals surface area contributed by atoms with Crippen LogP contribution in [0.3, 0.4) is 0 Å². The van der Waals surface area contributed by atoms with Crippen LogP contribution in [0.25, 0.3) is 22.6 Å². The first-order chi connectivity index (χ1) is 18.9. The van der Waals surface area contributed by atoms with Crippen molar-refractivity contribution in [2.75, 3.05) is 11.9 Å². The van der Waals surface area contributed by atoms with E-state index < -0.39 is 23.4 Å². The zero-order valence-electron chi connectivity index (χ0n) is 20.7. The molecule has 0 saturated carbocycles. The number of carbonyl (C=O) groups is 2. The molecule has 0 bridgehead atoms. The maximum atomic E-state index is 13.4. The Morgan fingerprint density at radius 2 is 1.79 bits per heavy atom. The number of amides is 1. The lowest BCUT2D eigenvalue weighted by molar-refractivity contribution is -0.384. The molecule has 0 radical (unpaired) electrons. The van der Waals surface area contributed by atoms with Gasteiger partial charge in [-0.05, 0) is 84.5 Å². The number of anilines is 1. The second kappa shape index (κ2) is 10.9. The second-order valence-corrected chi connectivity index (χ2v) is 9.02. The molecular formula is C30H22N4O5. The fourth-order valence-corrected chi connectivity index (χ4v) is 4.63. The molecule has 4 aromatic rings. The molecule has 9 heteroatoms. The highest BCUT2D eigenvalue weighted by molar-refractivity contribution is 6.07. The number of hydrogen-bond donors (Lipinski definition) is 1. The Morgan fingerprint density at radius 1 is 1.05 bits per heavy atom. The van der Waals surface area contributed by atoms with Crippen LogP contribution in [0.1, 0.15) is 45.6 Å². The molecule has 9 nitrogen and oxygen atoms in total. The first-order valence-corrected chi connectivity index (χ1v) is 12.3. The number of esters is 1. The van der Waals surface area contributed by atoms with Crippen molar-refractivity contribution in [1.29, 1.82) is 5.26 Å². The molecule has 1 aliphatic carbocycles. The molecule has 5 rings (SSSR count). The van der Waals surface area contributed by atoms with Crippen molar-refractivity contribution in [2.45, 2.75) is 19.3 Å². The Labute approximate surface area is 223 Å². The normalized spacial score (nSPS) is 13.4. The Hall–Kier alpha value is -5.36. The quantitative estimate of drug-likeness (QED) is 0.197. The van der Waals surface area contributed by atoms with E-state index in [0.29, 0.717) is 39.8 Å². The van der Waals surface area contributed by atoms with Gasteiger partial charge in [0.25, 0.3) is 11.6 Å². The van der Waals surface area contributed by atoms with Gasteiger partial charge in [0.2, 0.25) is 0 Å². The van der Waals surface area contributed by atoms with Gasteiger partial charge < -0.3 is 10.1 Å². The van der Waals surface area contributed by atoms with Crippen LogP contribution in [0, 0.1) is 21.4 Å². The van der Waals surface area contributed by atoms with Gasteiger partial charge >= 0.3 is 5.97 Å². The van der Waals surface area contributed by atoms with E-state index in [-0.39, 0.29) is 5.69 Å². The molecule has 0 aliphatic heterocycles. The highest BCUT2D eigenvalue weighted by atomic mass is 16.6. The summed E-state index contributed by atoms with van der Waals surface area (Å²) in [6.45, 7) is -0.476. The minimum Gasteiger partial charge on any atom is -0.452 e. The highest BCUT2D eigenvalue weighted by Crippen LogP contribution is 2.36. The Morgan fingerprint density at radius 3 is 2.51 bits per heavy atom. The molecule has 39 heavy (non-hydrogen) atoms. The highest BCUT2D eigenvalue weighted by Gasteiger charge is 2.26. The molecule has 0 unspecified atom stereocenters. The van der Waals surface area contributed by atoms with Gasteiger partial charge in [0.05, 0.1) is 33.3 Å². The third-order valence-corrected chi connectivity index (χ3v) is 6.45. The number of rotatable bonds is 6. The summed E-state index contributed by atoms with van der Waals surface area (Å²) in [7, 11) is 0. The van der Waals surface area contributed by atoms with Crippen molar-refractivity contribution < 1.29 is 19.2 Å². The summed E-state index contributed by atoms with van der Waals surface area (Å²) < 4.78 is 5.46. The van der Waals surface area contributed by atoms with E-state index in [1.165, 1.54) is 12.1 Å². The number of pyridine rings is 1. The van der Waals surface area contributed by atoms with Crippen molar-refractivity contribution >= 4 is 45.8 Å². The Balaban J connectivity index is 1.43. The van der Waals surface area contributed by atoms with E-state index in [0.717, 1.165) is 29.5 Å². The summed E-state index contributed by atoms with van der Waals surface area (Å²) in [6, 6.07) is 21.9. The molecule has 0 saturated heterocycles. The summed E-state index contributed by atoms with van der Waals surface area (Å²) >= 11 is 0. The van der Waals surface area contributed by atoms with Crippen LogP contribution in [-0.2, 0) is 16.0 Å². The number of para-hydroxylation sites is 1. The average molecular weight is 519 g/mol. The fraction of sp³-hybridized carbons (Fsp3) is 0.133. The number of nitrogens with one attached hydrogen (secondary N) is 1. The standard InChI is InChI=1S/C30H22N4O5/c31-17-20-8-12-22(13-9-20)32-27(35)18-39-30(36)28-24-5-1-2-7-26(24)33-29-21(4-3-6-25(28)29)16-19-10-14-23(15-11-19)34(37)38/h1-2,5,7-16H,3-4,6,18H2,(H,32,35)/b21-16-. The zero-order chi connectivity index (χ0) is 27.4. The summed E-state index contributed by atoms with van der Waals surface area (Å²) in [4.78, 5) is 41.3. The summed E-state index contributed by atoms with van der Waals surface area (Å²) in [6.07, 6.45) is 4.07. The number of allylic oxidation sites excluding steroid dienone is 1. The average Bonchev–Trinajstić information content (AvgIpc) is 2.95. The minimum atomic E-state index is -0.614. The number of nitrogens with zero attached hydrogens (tertiary/aromatic N) is 3. The van der Waals surface area contributed by atoms with Crippen LogP contribution in [-0.4, -0.2) is 28.4 Å². The van der Waals surface area contributed by atoms with Gasteiger partial charge in [0, 0.05) is 23.2 Å².